The molecule has 6 nitrogen and oxygen atoms in total. The number of pyridine rings is 1. The maximum atomic E-state index is 12.5. The van der Waals surface area contributed by atoms with Crippen molar-refractivity contribution in [3.8, 4) is 11.3 Å². The summed E-state index contributed by atoms with van der Waals surface area (Å²) in [5.41, 5.74) is 3.80. The van der Waals surface area contributed by atoms with Gasteiger partial charge in [0.05, 0.1) is 35.3 Å². The molecule has 2 saturated heterocycles. The third-order valence-electron chi connectivity index (χ3n) is 6.79. The highest BCUT2D eigenvalue weighted by Gasteiger charge is 2.49. The molecule has 210 valence electrons. The van der Waals surface area contributed by atoms with Crippen molar-refractivity contribution >= 4 is 17.2 Å². The van der Waals surface area contributed by atoms with Gasteiger partial charge in [0.2, 0.25) is 0 Å². The Morgan fingerprint density at radius 3 is 2.38 bits per heavy atom. The molecule has 0 N–H and O–H groups in total. The largest absolute Gasteiger partial charge is 0.416 e. The molecule has 4 heterocycles. The van der Waals surface area contributed by atoms with E-state index in [9.17, 15) is 18.0 Å². The minimum absolute atomic E-state index is 0.165. The molecule has 2 aromatic heterocycles. The summed E-state index contributed by atoms with van der Waals surface area (Å²) in [5, 5.41) is 0. The highest BCUT2D eigenvalue weighted by Crippen LogP contribution is 2.41. The molecular formula is C29H35F3N4O2S. The Bertz CT molecular complexity index is 1230. The third kappa shape index (κ3) is 7.64. The summed E-state index contributed by atoms with van der Waals surface area (Å²) < 4.78 is 42.3. The first-order chi connectivity index (χ1) is 18.4. The Kier molecular flexibility index (Phi) is 8.78. The van der Waals surface area contributed by atoms with Gasteiger partial charge in [0.25, 0.3) is 5.91 Å². The van der Waals surface area contributed by atoms with E-state index in [1.54, 1.807) is 37.0 Å². The van der Waals surface area contributed by atoms with Crippen molar-refractivity contribution in [3.63, 3.8) is 0 Å². The number of aromatic nitrogens is 2. The quantitative estimate of drug-likeness (QED) is 0.369. The number of hydrogen-bond donors (Lipinski definition) is 0. The normalized spacial score (nSPS) is 17.1. The van der Waals surface area contributed by atoms with Crippen LogP contribution in [0.5, 0.6) is 0 Å². The van der Waals surface area contributed by atoms with Gasteiger partial charge in [-0.15, -0.1) is 11.3 Å². The molecule has 10 heteroatoms. The summed E-state index contributed by atoms with van der Waals surface area (Å²) >= 11 is 1.44. The van der Waals surface area contributed by atoms with E-state index in [0.717, 1.165) is 61.8 Å². The van der Waals surface area contributed by atoms with Crippen LogP contribution in [0.3, 0.4) is 0 Å². The molecule has 0 aliphatic carbocycles. The average molecular weight is 561 g/mol. The van der Waals surface area contributed by atoms with Crippen LogP contribution in [-0.4, -0.2) is 65.5 Å². The SMILES string of the molecule is CC(C)(C)CN1CC2(CCN(C(=O)c3cncs3)C2)C1.COCc1cccc(-c2ccc(C(F)(F)F)cc2)n1. The lowest BCUT2D eigenvalue weighted by atomic mass is 9.77. The molecule has 1 aromatic carbocycles. The predicted molar refractivity (Wildman–Crippen MR) is 146 cm³/mol. The van der Waals surface area contributed by atoms with Crippen molar-refractivity contribution in [2.24, 2.45) is 10.8 Å². The number of thiazole rings is 1. The number of carbonyl (C=O) groups is 1. The fourth-order valence-corrected chi connectivity index (χ4v) is 5.81. The summed E-state index contributed by atoms with van der Waals surface area (Å²) in [6, 6.07) is 10.3. The topological polar surface area (TPSA) is 58.6 Å². The van der Waals surface area contributed by atoms with E-state index in [2.05, 4.69) is 35.6 Å². The maximum Gasteiger partial charge on any atom is 0.416 e. The molecule has 0 unspecified atom stereocenters. The maximum absolute atomic E-state index is 12.5. The number of hydrogen-bond acceptors (Lipinski definition) is 6. The van der Waals surface area contributed by atoms with Gasteiger partial charge >= 0.3 is 6.18 Å². The van der Waals surface area contributed by atoms with Gasteiger partial charge in [-0.2, -0.15) is 13.2 Å². The second-order valence-corrected chi connectivity index (χ2v) is 12.5. The highest BCUT2D eigenvalue weighted by atomic mass is 32.1. The van der Waals surface area contributed by atoms with Crippen LogP contribution in [0.1, 0.15) is 48.1 Å². The van der Waals surface area contributed by atoms with E-state index in [4.69, 9.17) is 4.74 Å². The van der Waals surface area contributed by atoms with Crippen LogP contribution in [-0.2, 0) is 17.5 Å². The number of ether oxygens (including phenoxy) is 1. The lowest BCUT2D eigenvalue weighted by Gasteiger charge is -2.50. The van der Waals surface area contributed by atoms with Crippen LogP contribution in [0.15, 0.2) is 54.2 Å². The van der Waals surface area contributed by atoms with Crippen molar-refractivity contribution in [3.05, 3.63) is 70.3 Å². The van der Waals surface area contributed by atoms with Gasteiger partial charge in [0.15, 0.2) is 0 Å². The molecule has 5 rings (SSSR count). The minimum Gasteiger partial charge on any atom is -0.378 e. The Labute approximate surface area is 231 Å². The summed E-state index contributed by atoms with van der Waals surface area (Å²) in [4.78, 5) is 26.0. The Morgan fingerprint density at radius 1 is 1.08 bits per heavy atom. The van der Waals surface area contributed by atoms with E-state index in [1.165, 1.54) is 23.5 Å². The number of carbonyl (C=O) groups excluding carboxylic acids is 1. The second kappa shape index (κ2) is 11.7. The number of methoxy groups -OCH3 is 1. The van der Waals surface area contributed by atoms with E-state index in [1.807, 2.05) is 4.90 Å². The van der Waals surface area contributed by atoms with Gasteiger partial charge in [0.1, 0.15) is 4.88 Å². The Balaban J connectivity index is 0.000000181. The van der Waals surface area contributed by atoms with Crippen molar-refractivity contribution in [2.75, 3.05) is 39.8 Å². The van der Waals surface area contributed by atoms with Crippen LogP contribution in [0.25, 0.3) is 11.3 Å². The lowest BCUT2D eigenvalue weighted by Crippen LogP contribution is -2.59. The Hall–Kier alpha value is -2.82. The van der Waals surface area contributed by atoms with Gasteiger partial charge in [-0.25, -0.2) is 0 Å². The smallest absolute Gasteiger partial charge is 0.378 e. The molecule has 1 spiro atoms. The Morgan fingerprint density at radius 2 is 1.79 bits per heavy atom. The van der Waals surface area contributed by atoms with Crippen LogP contribution in [0.4, 0.5) is 13.2 Å². The van der Waals surface area contributed by atoms with Gasteiger partial charge in [-0.3, -0.25) is 14.8 Å². The molecule has 1 amide bonds. The summed E-state index contributed by atoms with van der Waals surface area (Å²) in [5.74, 6) is 0.165. The van der Waals surface area contributed by atoms with Gasteiger partial charge in [0, 0.05) is 50.8 Å². The first kappa shape index (κ1) is 29.2. The molecule has 2 aliphatic heterocycles. The van der Waals surface area contributed by atoms with Crippen LogP contribution in [0, 0.1) is 10.8 Å². The van der Waals surface area contributed by atoms with Crippen LogP contribution < -0.4 is 0 Å². The number of rotatable bonds is 5. The average Bonchev–Trinajstić information content (AvgIpc) is 3.54. The number of halogens is 3. The zero-order valence-corrected chi connectivity index (χ0v) is 23.6. The highest BCUT2D eigenvalue weighted by molar-refractivity contribution is 7.11. The van der Waals surface area contributed by atoms with Gasteiger partial charge in [-0.1, -0.05) is 39.0 Å². The monoisotopic (exact) mass is 560 g/mol. The van der Waals surface area contributed by atoms with Crippen molar-refractivity contribution in [2.45, 2.75) is 40.0 Å². The number of likely N-dealkylation sites (tertiary alicyclic amines) is 2. The summed E-state index contributed by atoms with van der Waals surface area (Å²) in [6.45, 7) is 12.5. The molecule has 0 bridgehead atoms. The molecule has 2 fully saturated rings. The predicted octanol–water partition coefficient (Wildman–Crippen LogP) is 6.25. The van der Waals surface area contributed by atoms with E-state index in [-0.39, 0.29) is 5.91 Å². The van der Waals surface area contributed by atoms with Crippen LogP contribution in [0.2, 0.25) is 0 Å². The molecule has 0 radical (unpaired) electrons. The second-order valence-electron chi connectivity index (χ2n) is 11.6. The minimum atomic E-state index is -4.32. The molecule has 0 atom stereocenters. The van der Waals surface area contributed by atoms with Crippen molar-refractivity contribution < 1.29 is 22.7 Å². The molecule has 2 aliphatic rings. The number of alkyl halides is 3. The van der Waals surface area contributed by atoms with Gasteiger partial charge in [-0.05, 0) is 36.1 Å². The first-order valence-electron chi connectivity index (χ1n) is 12.9. The molecule has 39 heavy (non-hydrogen) atoms. The number of nitrogens with zero attached hydrogens (tertiary/aromatic N) is 4. The fourth-order valence-electron chi connectivity index (χ4n) is 5.23. The number of amides is 1. The zero-order chi connectivity index (χ0) is 28.3. The van der Waals surface area contributed by atoms with Crippen molar-refractivity contribution in [1.29, 1.82) is 0 Å². The molecular weight excluding hydrogens is 525 g/mol. The molecule has 0 saturated carbocycles. The zero-order valence-electron chi connectivity index (χ0n) is 22.8. The molecule has 3 aromatic rings. The first-order valence-corrected chi connectivity index (χ1v) is 13.8. The third-order valence-corrected chi connectivity index (χ3v) is 7.55. The standard InChI is InChI=1S/C15H23N3OS.C14H12F3NO/c1-14(2,3)7-17-8-15(9-17)4-5-18(10-15)13(19)12-6-16-11-20-12;1-19-9-12-3-2-4-13(18-12)10-5-7-11(8-6-10)14(15,16)17/h6,11H,4-5,7-10H2,1-3H3;2-8H,9H2,1H3. The fraction of sp³-hybridized carbons (Fsp3) is 0.483. The van der Waals surface area contributed by atoms with E-state index in [0.29, 0.717) is 28.7 Å². The number of benzene rings is 1. The summed E-state index contributed by atoms with van der Waals surface area (Å²) in [6.07, 6.45) is -1.48. The van der Waals surface area contributed by atoms with E-state index >= 15 is 0 Å². The van der Waals surface area contributed by atoms with Crippen LogP contribution >= 0.6 is 11.3 Å². The van der Waals surface area contributed by atoms with E-state index < -0.39 is 11.7 Å². The summed E-state index contributed by atoms with van der Waals surface area (Å²) in [7, 11) is 1.56. The van der Waals surface area contributed by atoms with Gasteiger partial charge < -0.3 is 14.5 Å². The van der Waals surface area contributed by atoms with Crippen molar-refractivity contribution in [1.82, 2.24) is 19.8 Å². The lowest BCUT2D eigenvalue weighted by molar-refractivity contribution is -0.137.